The standard InChI is InChI=1S/C11H9NO2.H2O/c13-7-9-6-5-8-3-1-2-4-10(8)11(9)12-14;/h1-7H,12H2;1H2. The highest BCUT2D eigenvalue weighted by Crippen LogP contribution is 2.22. The van der Waals surface area contributed by atoms with E-state index in [1.165, 1.54) is 0 Å². The van der Waals surface area contributed by atoms with Gasteiger partial charge < -0.3 is 16.2 Å². The van der Waals surface area contributed by atoms with Crippen molar-refractivity contribution in [2.24, 2.45) is 0 Å². The molecule has 2 rings (SSSR count). The molecule has 0 atom stereocenters. The van der Waals surface area contributed by atoms with E-state index in [0.29, 0.717) is 17.5 Å². The second-order valence-corrected chi connectivity index (χ2v) is 3.03. The summed E-state index contributed by atoms with van der Waals surface area (Å²) in [7, 11) is 0. The van der Waals surface area contributed by atoms with E-state index < -0.39 is 0 Å². The Labute approximate surface area is 86.4 Å². The first kappa shape index (κ1) is 11.3. The van der Waals surface area contributed by atoms with Gasteiger partial charge in [-0.2, -0.15) is 0 Å². The van der Waals surface area contributed by atoms with Crippen LogP contribution in [0.25, 0.3) is 10.8 Å². The van der Waals surface area contributed by atoms with Crippen LogP contribution < -0.4 is 5.48 Å². The van der Waals surface area contributed by atoms with Gasteiger partial charge in [0, 0.05) is 5.39 Å². The van der Waals surface area contributed by atoms with Crippen molar-refractivity contribution in [2.75, 3.05) is 0 Å². The molecule has 2 aromatic carbocycles. The maximum Gasteiger partial charge on any atom is 0.156 e. The summed E-state index contributed by atoms with van der Waals surface area (Å²) >= 11 is 0. The average Bonchev–Trinajstić information content (AvgIpc) is 2.27. The number of aldehydes is 1. The Morgan fingerprint density at radius 3 is 2.53 bits per heavy atom. The molecular formula is C11H11NO3. The minimum Gasteiger partial charge on any atom is -0.630 e. The van der Waals surface area contributed by atoms with Gasteiger partial charge in [-0.25, -0.2) is 0 Å². The third kappa shape index (κ3) is 1.87. The van der Waals surface area contributed by atoms with E-state index in [-0.39, 0.29) is 5.48 Å². The third-order valence-electron chi connectivity index (χ3n) is 2.25. The molecule has 4 N–H and O–H groups in total. The van der Waals surface area contributed by atoms with Gasteiger partial charge in [0.25, 0.3) is 0 Å². The topological polar surface area (TPSA) is 88.2 Å². The predicted octanol–water partition coefficient (Wildman–Crippen LogP) is 0.520. The number of hydrogen-bond acceptors (Lipinski definition) is 2. The number of benzene rings is 2. The summed E-state index contributed by atoms with van der Waals surface area (Å²) in [5, 5.41) is 12.6. The number of nitrogens with two attached hydrogens (primary N) is 1. The van der Waals surface area contributed by atoms with Crippen LogP contribution in [0.2, 0.25) is 0 Å². The van der Waals surface area contributed by atoms with Gasteiger partial charge in [0.05, 0.1) is 5.56 Å². The summed E-state index contributed by atoms with van der Waals surface area (Å²) in [5.74, 6) is 0. The summed E-state index contributed by atoms with van der Waals surface area (Å²) < 4.78 is 0. The number of carbonyl (C=O) groups excluding carboxylic acids is 1. The molecule has 0 unspecified atom stereocenters. The van der Waals surface area contributed by atoms with Crippen LogP contribution in [0.3, 0.4) is 0 Å². The van der Waals surface area contributed by atoms with Crippen molar-refractivity contribution in [1.82, 2.24) is 0 Å². The van der Waals surface area contributed by atoms with Crippen LogP contribution in [-0.2, 0) is 0 Å². The minimum absolute atomic E-state index is 0. The molecule has 15 heavy (non-hydrogen) atoms. The van der Waals surface area contributed by atoms with Crippen molar-refractivity contribution >= 4 is 22.7 Å². The summed E-state index contributed by atoms with van der Waals surface area (Å²) in [6, 6.07) is 11.0. The van der Waals surface area contributed by atoms with Gasteiger partial charge in [-0.05, 0) is 17.5 Å². The van der Waals surface area contributed by atoms with Crippen LogP contribution >= 0.6 is 0 Å². The second kappa shape index (κ2) is 4.65. The molecule has 0 amide bonds. The molecule has 0 spiro atoms. The first-order valence-electron chi connectivity index (χ1n) is 4.29. The summed E-state index contributed by atoms with van der Waals surface area (Å²) in [4.78, 5) is 10.7. The van der Waals surface area contributed by atoms with Gasteiger partial charge in [-0.3, -0.25) is 4.79 Å². The lowest BCUT2D eigenvalue weighted by atomic mass is 10.1. The van der Waals surface area contributed by atoms with Crippen LogP contribution in [0.15, 0.2) is 36.4 Å². The van der Waals surface area contributed by atoms with E-state index in [1.807, 2.05) is 30.3 Å². The van der Waals surface area contributed by atoms with Gasteiger partial charge >= 0.3 is 0 Å². The van der Waals surface area contributed by atoms with Gasteiger partial charge in [0.15, 0.2) is 6.29 Å². The predicted molar refractivity (Wildman–Crippen MR) is 57.9 cm³/mol. The van der Waals surface area contributed by atoms with Gasteiger partial charge in [-0.1, -0.05) is 24.3 Å². The molecule has 0 aliphatic rings. The van der Waals surface area contributed by atoms with Crippen molar-refractivity contribution in [3.05, 3.63) is 47.2 Å². The summed E-state index contributed by atoms with van der Waals surface area (Å²) in [6.07, 6.45) is 0.705. The Bertz CT molecular complexity index is 482. The van der Waals surface area contributed by atoms with E-state index in [1.54, 1.807) is 6.07 Å². The second-order valence-electron chi connectivity index (χ2n) is 3.03. The van der Waals surface area contributed by atoms with Crippen molar-refractivity contribution in [1.29, 1.82) is 0 Å². The molecule has 78 valence electrons. The normalized spacial score (nSPS) is 9.67. The molecule has 0 aliphatic carbocycles. The molecule has 0 bridgehead atoms. The molecule has 4 heteroatoms. The van der Waals surface area contributed by atoms with Crippen molar-refractivity contribution < 1.29 is 15.8 Å². The number of fused-ring (bicyclic) bond motifs is 1. The molecule has 0 aliphatic heterocycles. The van der Waals surface area contributed by atoms with Crippen LogP contribution in [0.4, 0.5) is 5.69 Å². The SMILES string of the molecule is O.O=Cc1ccc2ccccc2c1[NH2+][O-]. The molecule has 0 fully saturated rings. The van der Waals surface area contributed by atoms with Crippen LogP contribution in [0, 0.1) is 5.21 Å². The molecule has 0 aromatic heterocycles. The Kier molecular flexibility index (Phi) is 3.51. The Morgan fingerprint density at radius 1 is 1.13 bits per heavy atom. The smallest absolute Gasteiger partial charge is 0.156 e. The highest BCUT2D eigenvalue weighted by molar-refractivity contribution is 5.98. The van der Waals surface area contributed by atoms with E-state index in [2.05, 4.69) is 0 Å². The molecule has 0 saturated heterocycles. The highest BCUT2D eigenvalue weighted by Gasteiger charge is 2.06. The van der Waals surface area contributed by atoms with Crippen molar-refractivity contribution in [3.63, 3.8) is 0 Å². The third-order valence-corrected chi connectivity index (χ3v) is 2.25. The van der Waals surface area contributed by atoms with Crippen molar-refractivity contribution in [3.8, 4) is 0 Å². The lowest BCUT2D eigenvalue weighted by Crippen LogP contribution is -2.70. The quantitative estimate of drug-likeness (QED) is 0.440. The number of quaternary nitrogens is 1. The molecule has 4 nitrogen and oxygen atoms in total. The van der Waals surface area contributed by atoms with Gasteiger partial charge in [0.1, 0.15) is 5.69 Å². The monoisotopic (exact) mass is 205 g/mol. The molecular weight excluding hydrogens is 194 g/mol. The molecule has 0 saturated carbocycles. The lowest BCUT2D eigenvalue weighted by molar-refractivity contribution is -0.495. The Hall–Kier alpha value is -1.75. The zero-order valence-electron chi connectivity index (χ0n) is 7.94. The van der Waals surface area contributed by atoms with Crippen molar-refractivity contribution in [2.45, 2.75) is 0 Å². The van der Waals surface area contributed by atoms with Crippen LogP contribution in [0.1, 0.15) is 10.4 Å². The lowest BCUT2D eigenvalue weighted by Gasteiger charge is -2.07. The van der Waals surface area contributed by atoms with E-state index in [4.69, 9.17) is 0 Å². The van der Waals surface area contributed by atoms with E-state index in [0.717, 1.165) is 16.3 Å². The first-order chi connectivity index (χ1) is 6.86. The first-order valence-corrected chi connectivity index (χ1v) is 4.29. The van der Waals surface area contributed by atoms with E-state index >= 15 is 0 Å². The maximum absolute atomic E-state index is 10.8. The number of hydrogen-bond donors (Lipinski definition) is 1. The van der Waals surface area contributed by atoms with Crippen LogP contribution in [0.5, 0.6) is 0 Å². The average molecular weight is 205 g/mol. The zero-order valence-corrected chi connectivity index (χ0v) is 7.94. The van der Waals surface area contributed by atoms with Crippen LogP contribution in [-0.4, -0.2) is 11.8 Å². The van der Waals surface area contributed by atoms with E-state index in [9.17, 15) is 10.0 Å². The summed E-state index contributed by atoms with van der Waals surface area (Å²) in [5.41, 5.74) is 1.64. The fraction of sp³-hybridized carbons (Fsp3) is 0. The fourth-order valence-electron chi connectivity index (χ4n) is 1.55. The molecule has 0 heterocycles. The molecule has 0 radical (unpaired) electrons. The van der Waals surface area contributed by atoms with Gasteiger partial charge in [-0.15, -0.1) is 0 Å². The molecule has 2 aromatic rings. The zero-order chi connectivity index (χ0) is 9.97. The fourth-order valence-corrected chi connectivity index (χ4v) is 1.55. The minimum atomic E-state index is 0. The number of carbonyl (C=O) groups is 1. The maximum atomic E-state index is 10.8. The van der Waals surface area contributed by atoms with Gasteiger partial charge in [0.2, 0.25) is 0 Å². The largest absolute Gasteiger partial charge is 0.630 e. The highest BCUT2D eigenvalue weighted by atomic mass is 16.5. The Balaban J connectivity index is 0.00000112. The summed E-state index contributed by atoms with van der Waals surface area (Å²) in [6.45, 7) is 0. The Morgan fingerprint density at radius 2 is 1.87 bits per heavy atom. The number of rotatable bonds is 2.